The van der Waals surface area contributed by atoms with E-state index in [9.17, 15) is 8.42 Å². The van der Waals surface area contributed by atoms with Crippen LogP contribution in [0.2, 0.25) is 0 Å². The number of nitrogens with zero attached hydrogens (tertiary/aromatic N) is 2. The number of anilines is 1. The summed E-state index contributed by atoms with van der Waals surface area (Å²) in [5.74, 6) is 1.62. The van der Waals surface area contributed by atoms with Crippen LogP contribution in [0.5, 0.6) is 0 Å². The van der Waals surface area contributed by atoms with Gasteiger partial charge in [0.25, 0.3) is 0 Å². The van der Waals surface area contributed by atoms with E-state index in [1.807, 2.05) is 0 Å². The molecule has 5 nitrogen and oxygen atoms in total. The molecule has 0 unspecified atom stereocenters. The average molecular weight is 392 g/mol. The van der Waals surface area contributed by atoms with Crippen molar-refractivity contribution in [3.63, 3.8) is 0 Å². The molecule has 1 fully saturated rings. The SMILES string of the molecule is Cc1ccc(SCCNc2ccc(S(=O)(=O)N3CCCCC3)cn2)cc1. The quantitative estimate of drug-likeness (QED) is 0.575. The Labute approximate surface area is 160 Å². The summed E-state index contributed by atoms with van der Waals surface area (Å²) in [7, 11) is -3.40. The zero-order chi connectivity index (χ0) is 18.4. The zero-order valence-corrected chi connectivity index (χ0v) is 16.7. The molecule has 3 rings (SSSR count). The van der Waals surface area contributed by atoms with Crippen molar-refractivity contribution >= 4 is 27.6 Å². The van der Waals surface area contributed by atoms with Crippen molar-refractivity contribution in [2.24, 2.45) is 0 Å². The third-order valence-electron chi connectivity index (χ3n) is 4.39. The van der Waals surface area contributed by atoms with Crippen molar-refractivity contribution in [1.82, 2.24) is 9.29 Å². The Kier molecular flexibility index (Phi) is 6.56. The van der Waals surface area contributed by atoms with Crippen LogP contribution in [0.25, 0.3) is 0 Å². The molecule has 7 heteroatoms. The minimum Gasteiger partial charge on any atom is -0.369 e. The number of sulfonamides is 1. The lowest BCUT2D eigenvalue weighted by molar-refractivity contribution is 0.346. The number of hydrogen-bond acceptors (Lipinski definition) is 5. The van der Waals surface area contributed by atoms with Crippen LogP contribution in [0.3, 0.4) is 0 Å². The third kappa shape index (κ3) is 4.99. The lowest BCUT2D eigenvalue weighted by Gasteiger charge is -2.25. The molecule has 1 aromatic heterocycles. The molecule has 0 saturated carbocycles. The number of hydrogen-bond donors (Lipinski definition) is 1. The van der Waals surface area contributed by atoms with Gasteiger partial charge in [0.05, 0.1) is 0 Å². The van der Waals surface area contributed by atoms with Gasteiger partial charge in [-0.15, -0.1) is 11.8 Å². The molecule has 0 aliphatic carbocycles. The van der Waals surface area contributed by atoms with Gasteiger partial charge in [0.2, 0.25) is 10.0 Å². The predicted octanol–water partition coefficient (Wildman–Crippen LogP) is 3.77. The molecule has 0 bridgehead atoms. The van der Waals surface area contributed by atoms with E-state index in [4.69, 9.17) is 0 Å². The lowest BCUT2D eigenvalue weighted by atomic mass is 10.2. The average Bonchev–Trinajstić information content (AvgIpc) is 2.68. The monoisotopic (exact) mass is 391 g/mol. The molecule has 0 spiro atoms. The van der Waals surface area contributed by atoms with E-state index in [1.165, 1.54) is 16.7 Å². The first-order valence-electron chi connectivity index (χ1n) is 8.95. The molecule has 0 radical (unpaired) electrons. The maximum absolute atomic E-state index is 12.6. The van der Waals surface area contributed by atoms with Crippen molar-refractivity contribution in [2.75, 3.05) is 30.7 Å². The molecular formula is C19H25N3O2S2. The molecular weight excluding hydrogens is 366 g/mol. The Morgan fingerprint density at radius 3 is 2.46 bits per heavy atom. The smallest absolute Gasteiger partial charge is 0.244 e. The van der Waals surface area contributed by atoms with Gasteiger partial charge < -0.3 is 5.32 Å². The molecule has 1 aromatic carbocycles. The first-order chi connectivity index (χ1) is 12.6. The topological polar surface area (TPSA) is 62.3 Å². The Bertz CT molecular complexity index is 800. The van der Waals surface area contributed by atoms with Crippen molar-refractivity contribution in [3.8, 4) is 0 Å². The van der Waals surface area contributed by atoms with Gasteiger partial charge in [-0.3, -0.25) is 0 Å². The fourth-order valence-corrected chi connectivity index (χ4v) is 5.11. The minimum absolute atomic E-state index is 0.277. The highest BCUT2D eigenvalue weighted by Gasteiger charge is 2.25. The van der Waals surface area contributed by atoms with Crippen molar-refractivity contribution in [2.45, 2.75) is 36.0 Å². The molecule has 1 aliphatic rings. The van der Waals surface area contributed by atoms with Gasteiger partial charge in [-0.1, -0.05) is 24.1 Å². The number of aromatic nitrogens is 1. The van der Waals surface area contributed by atoms with Crippen molar-refractivity contribution in [1.29, 1.82) is 0 Å². The molecule has 0 atom stereocenters. The van der Waals surface area contributed by atoms with Crippen LogP contribution in [0.1, 0.15) is 24.8 Å². The Balaban J connectivity index is 1.50. The summed E-state index contributed by atoms with van der Waals surface area (Å²) in [6.07, 6.45) is 4.43. The molecule has 26 heavy (non-hydrogen) atoms. The van der Waals surface area contributed by atoms with Gasteiger partial charge >= 0.3 is 0 Å². The van der Waals surface area contributed by atoms with E-state index in [0.29, 0.717) is 18.9 Å². The molecule has 0 amide bonds. The summed E-state index contributed by atoms with van der Waals surface area (Å²) >= 11 is 1.78. The Morgan fingerprint density at radius 2 is 1.81 bits per heavy atom. The van der Waals surface area contributed by atoms with Gasteiger partial charge in [0.15, 0.2) is 0 Å². The van der Waals surface area contributed by atoms with Gasteiger partial charge in [-0.25, -0.2) is 13.4 Å². The first-order valence-corrected chi connectivity index (χ1v) is 11.4. The summed E-state index contributed by atoms with van der Waals surface area (Å²) in [5.41, 5.74) is 1.26. The second kappa shape index (κ2) is 8.88. The highest BCUT2D eigenvalue weighted by molar-refractivity contribution is 7.99. The molecule has 1 saturated heterocycles. The Hall–Kier alpha value is -1.57. The largest absolute Gasteiger partial charge is 0.369 e. The molecule has 2 heterocycles. The van der Waals surface area contributed by atoms with E-state index in [0.717, 1.165) is 31.6 Å². The molecule has 1 N–H and O–H groups in total. The number of piperidine rings is 1. The number of thioether (sulfide) groups is 1. The summed E-state index contributed by atoms with van der Waals surface area (Å²) in [5, 5.41) is 3.24. The van der Waals surface area contributed by atoms with Crippen LogP contribution in [0, 0.1) is 6.92 Å². The van der Waals surface area contributed by atoms with E-state index < -0.39 is 10.0 Å². The van der Waals surface area contributed by atoms with Crippen LogP contribution in [0.4, 0.5) is 5.82 Å². The van der Waals surface area contributed by atoms with Crippen LogP contribution >= 0.6 is 11.8 Å². The number of pyridine rings is 1. The normalized spacial score (nSPS) is 15.7. The third-order valence-corrected chi connectivity index (χ3v) is 7.28. The first kappa shape index (κ1) is 19.2. The standard InChI is InChI=1S/C19H25N3O2S2/c1-16-5-7-17(8-6-16)25-14-11-20-19-10-9-18(15-21-19)26(23,24)22-12-3-2-4-13-22/h5-10,15H,2-4,11-14H2,1H3,(H,20,21). The van der Waals surface area contributed by atoms with Crippen molar-refractivity contribution in [3.05, 3.63) is 48.2 Å². The van der Waals surface area contributed by atoms with E-state index in [1.54, 1.807) is 28.2 Å². The summed E-state index contributed by atoms with van der Waals surface area (Å²) < 4.78 is 26.8. The highest BCUT2D eigenvalue weighted by atomic mass is 32.2. The van der Waals surface area contributed by atoms with Gasteiger partial charge in [0, 0.05) is 36.5 Å². The summed E-state index contributed by atoms with van der Waals surface area (Å²) in [6.45, 7) is 4.07. The van der Waals surface area contributed by atoms with Gasteiger partial charge in [-0.2, -0.15) is 4.31 Å². The zero-order valence-electron chi connectivity index (χ0n) is 15.0. The van der Waals surface area contributed by atoms with Crippen LogP contribution in [-0.4, -0.2) is 43.1 Å². The number of aryl methyl sites for hydroxylation is 1. The van der Waals surface area contributed by atoms with Crippen LogP contribution in [0.15, 0.2) is 52.4 Å². The van der Waals surface area contributed by atoms with E-state index in [2.05, 4.69) is 41.5 Å². The summed E-state index contributed by atoms with van der Waals surface area (Å²) in [4.78, 5) is 5.79. The second-order valence-corrected chi connectivity index (χ2v) is 9.54. The molecule has 140 valence electrons. The number of nitrogens with one attached hydrogen (secondary N) is 1. The number of rotatable bonds is 7. The van der Waals surface area contributed by atoms with Crippen LogP contribution in [-0.2, 0) is 10.0 Å². The van der Waals surface area contributed by atoms with Gasteiger partial charge in [0.1, 0.15) is 10.7 Å². The fraction of sp³-hybridized carbons (Fsp3) is 0.421. The molecule has 1 aliphatic heterocycles. The second-order valence-electron chi connectivity index (χ2n) is 6.43. The maximum Gasteiger partial charge on any atom is 0.244 e. The summed E-state index contributed by atoms with van der Waals surface area (Å²) in [6, 6.07) is 11.9. The molecule has 2 aromatic rings. The maximum atomic E-state index is 12.6. The van der Waals surface area contributed by atoms with E-state index >= 15 is 0 Å². The van der Waals surface area contributed by atoms with Gasteiger partial charge in [-0.05, 0) is 44.0 Å². The fourth-order valence-electron chi connectivity index (χ4n) is 2.87. The lowest BCUT2D eigenvalue weighted by Crippen LogP contribution is -2.35. The predicted molar refractivity (Wildman–Crippen MR) is 107 cm³/mol. The highest BCUT2D eigenvalue weighted by Crippen LogP contribution is 2.21. The van der Waals surface area contributed by atoms with Crippen molar-refractivity contribution < 1.29 is 8.42 Å². The van der Waals surface area contributed by atoms with Crippen LogP contribution < -0.4 is 5.32 Å². The minimum atomic E-state index is -3.40. The Morgan fingerprint density at radius 1 is 1.08 bits per heavy atom. The van der Waals surface area contributed by atoms with E-state index in [-0.39, 0.29) is 4.90 Å². The number of benzene rings is 1.